The van der Waals surface area contributed by atoms with Gasteiger partial charge in [-0.25, -0.2) is 9.97 Å². The Bertz CT molecular complexity index is 347. The van der Waals surface area contributed by atoms with Gasteiger partial charge in [-0.1, -0.05) is 6.92 Å². The first kappa shape index (κ1) is 14.1. The Labute approximate surface area is 108 Å². The van der Waals surface area contributed by atoms with Gasteiger partial charge in [-0.15, -0.1) is 0 Å². The van der Waals surface area contributed by atoms with Crippen LogP contribution < -0.4 is 10.1 Å². The largest absolute Gasteiger partial charge is 0.478 e. The summed E-state index contributed by atoms with van der Waals surface area (Å²) in [5, 5.41) is 3.35. The summed E-state index contributed by atoms with van der Waals surface area (Å²) in [6.07, 6.45) is 3.67. The fourth-order valence-electron chi connectivity index (χ4n) is 1.51. The predicted molar refractivity (Wildman–Crippen MR) is 74.0 cm³/mol. The molecule has 5 heteroatoms. The molecule has 1 atom stereocenters. The lowest BCUT2D eigenvalue weighted by Gasteiger charge is -2.14. The van der Waals surface area contributed by atoms with E-state index in [4.69, 9.17) is 4.74 Å². The van der Waals surface area contributed by atoms with Crippen molar-refractivity contribution in [1.82, 2.24) is 9.97 Å². The first-order chi connectivity index (χ1) is 8.19. The van der Waals surface area contributed by atoms with Gasteiger partial charge in [0.25, 0.3) is 0 Å². The molecule has 1 heterocycles. The highest BCUT2D eigenvalue weighted by Crippen LogP contribution is 2.20. The Hall–Kier alpha value is -0.970. The van der Waals surface area contributed by atoms with Gasteiger partial charge in [0.15, 0.2) is 0 Å². The van der Waals surface area contributed by atoms with E-state index in [0.717, 1.165) is 23.7 Å². The lowest BCUT2D eigenvalue weighted by Crippen LogP contribution is -2.15. The van der Waals surface area contributed by atoms with Crippen LogP contribution in [0.15, 0.2) is 6.33 Å². The molecule has 17 heavy (non-hydrogen) atoms. The number of hydrogen-bond acceptors (Lipinski definition) is 5. The third-order valence-electron chi connectivity index (χ3n) is 2.39. The molecule has 0 saturated carbocycles. The fraction of sp³-hybridized carbons (Fsp3) is 0.667. The summed E-state index contributed by atoms with van der Waals surface area (Å²) < 4.78 is 5.44. The van der Waals surface area contributed by atoms with Crippen molar-refractivity contribution < 1.29 is 4.74 Å². The number of nitrogens with zero attached hydrogens (tertiary/aromatic N) is 2. The molecule has 0 fully saturated rings. The molecule has 0 radical (unpaired) electrons. The molecule has 0 aliphatic carbocycles. The predicted octanol–water partition coefficient (Wildman–Crippen LogP) is 2.59. The minimum Gasteiger partial charge on any atom is -0.478 e. The molecule has 0 amide bonds. The van der Waals surface area contributed by atoms with Gasteiger partial charge in [0.1, 0.15) is 12.1 Å². The second-order valence-corrected chi connectivity index (χ2v) is 4.94. The number of nitrogens with one attached hydrogen (secondary N) is 1. The maximum atomic E-state index is 5.44. The van der Waals surface area contributed by atoms with Crippen molar-refractivity contribution in [2.45, 2.75) is 20.8 Å². The molecule has 1 rings (SSSR count). The number of rotatable bonds is 7. The normalized spacial score (nSPS) is 12.2. The minimum absolute atomic E-state index is 0.620. The van der Waals surface area contributed by atoms with Gasteiger partial charge in [0, 0.05) is 6.54 Å². The molecule has 4 nitrogen and oxygen atoms in total. The van der Waals surface area contributed by atoms with Crippen molar-refractivity contribution in [1.29, 1.82) is 0 Å². The number of ether oxygens (including phenoxy) is 1. The molecule has 0 spiro atoms. The van der Waals surface area contributed by atoms with E-state index in [0.29, 0.717) is 18.4 Å². The number of anilines is 1. The van der Waals surface area contributed by atoms with E-state index in [-0.39, 0.29) is 0 Å². The molecule has 96 valence electrons. The molecule has 0 saturated heterocycles. The summed E-state index contributed by atoms with van der Waals surface area (Å²) in [4.78, 5) is 8.36. The standard InChI is InChI=1S/C12H21N3OS/c1-5-16-12-10(3)11(14-8-15-12)13-6-9(2)7-17-4/h8-9H,5-7H2,1-4H3,(H,13,14,15). The molecule has 0 bridgehead atoms. The van der Waals surface area contributed by atoms with E-state index < -0.39 is 0 Å². The van der Waals surface area contributed by atoms with Gasteiger partial charge >= 0.3 is 0 Å². The Morgan fingerprint density at radius 3 is 2.88 bits per heavy atom. The molecule has 1 aromatic heterocycles. The molecule has 0 aromatic carbocycles. The maximum absolute atomic E-state index is 5.44. The fourth-order valence-corrected chi connectivity index (χ4v) is 2.20. The van der Waals surface area contributed by atoms with Crippen LogP contribution in [0, 0.1) is 12.8 Å². The topological polar surface area (TPSA) is 47.0 Å². The summed E-state index contributed by atoms with van der Waals surface area (Å²) in [5.74, 6) is 3.31. The Morgan fingerprint density at radius 1 is 1.47 bits per heavy atom. The van der Waals surface area contributed by atoms with Crippen molar-refractivity contribution in [2.24, 2.45) is 5.92 Å². The van der Waals surface area contributed by atoms with E-state index in [2.05, 4.69) is 28.5 Å². The molecule has 0 aliphatic heterocycles. The molecular weight excluding hydrogens is 234 g/mol. The maximum Gasteiger partial charge on any atom is 0.221 e. The lowest BCUT2D eigenvalue weighted by molar-refractivity contribution is 0.324. The quantitative estimate of drug-likeness (QED) is 0.811. The highest BCUT2D eigenvalue weighted by atomic mass is 32.2. The lowest BCUT2D eigenvalue weighted by atomic mass is 10.2. The SMILES string of the molecule is CCOc1ncnc(NCC(C)CSC)c1C. The summed E-state index contributed by atoms with van der Waals surface area (Å²) in [6, 6.07) is 0. The van der Waals surface area contributed by atoms with Gasteiger partial charge in [0.05, 0.1) is 12.2 Å². The van der Waals surface area contributed by atoms with Crippen molar-refractivity contribution in [3.8, 4) is 5.88 Å². The van der Waals surface area contributed by atoms with Crippen LogP contribution in [-0.4, -0.2) is 35.1 Å². The van der Waals surface area contributed by atoms with Crippen molar-refractivity contribution in [3.63, 3.8) is 0 Å². The van der Waals surface area contributed by atoms with E-state index >= 15 is 0 Å². The second kappa shape index (κ2) is 7.37. The summed E-state index contributed by atoms with van der Waals surface area (Å²) in [5.41, 5.74) is 0.978. The van der Waals surface area contributed by atoms with Gasteiger partial charge in [-0.3, -0.25) is 0 Å². The van der Waals surface area contributed by atoms with Gasteiger partial charge in [-0.2, -0.15) is 11.8 Å². The molecule has 1 N–H and O–H groups in total. The smallest absolute Gasteiger partial charge is 0.221 e. The van der Waals surface area contributed by atoms with E-state index in [9.17, 15) is 0 Å². The average Bonchev–Trinajstić information content (AvgIpc) is 2.31. The summed E-state index contributed by atoms with van der Waals surface area (Å²) >= 11 is 1.86. The molecule has 0 aliphatic rings. The van der Waals surface area contributed by atoms with Crippen LogP contribution in [-0.2, 0) is 0 Å². The van der Waals surface area contributed by atoms with Gasteiger partial charge in [0.2, 0.25) is 5.88 Å². The number of thioether (sulfide) groups is 1. The van der Waals surface area contributed by atoms with Gasteiger partial charge in [-0.05, 0) is 31.8 Å². The minimum atomic E-state index is 0.620. The van der Waals surface area contributed by atoms with Crippen LogP contribution in [0.25, 0.3) is 0 Å². The third kappa shape index (κ3) is 4.42. The average molecular weight is 255 g/mol. The molecule has 1 unspecified atom stereocenters. The van der Waals surface area contributed by atoms with Crippen molar-refractivity contribution >= 4 is 17.6 Å². The number of hydrogen-bond donors (Lipinski definition) is 1. The van der Waals surface area contributed by atoms with Crippen LogP contribution in [0.3, 0.4) is 0 Å². The van der Waals surface area contributed by atoms with Crippen molar-refractivity contribution in [2.75, 3.05) is 30.5 Å². The molecule has 1 aromatic rings. The van der Waals surface area contributed by atoms with E-state index in [1.54, 1.807) is 6.33 Å². The van der Waals surface area contributed by atoms with Crippen LogP contribution in [0.5, 0.6) is 5.88 Å². The van der Waals surface area contributed by atoms with E-state index in [1.807, 2.05) is 25.6 Å². The Morgan fingerprint density at radius 2 is 2.24 bits per heavy atom. The van der Waals surface area contributed by atoms with E-state index in [1.165, 1.54) is 0 Å². The first-order valence-electron chi connectivity index (χ1n) is 5.86. The number of aromatic nitrogens is 2. The zero-order valence-corrected chi connectivity index (χ0v) is 11.8. The second-order valence-electron chi connectivity index (χ2n) is 4.03. The van der Waals surface area contributed by atoms with Crippen LogP contribution in [0.2, 0.25) is 0 Å². The summed E-state index contributed by atoms with van der Waals surface area (Å²) in [7, 11) is 0. The zero-order chi connectivity index (χ0) is 12.7. The van der Waals surface area contributed by atoms with Crippen LogP contribution in [0.4, 0.5) is 5.82 Å². The summed E-state index contributed by atoms with van der Waals surface area (Å²) in [6.45, 7) is 7.70. The molecular formula is C12H21N3OS. The Kier molecular flexibility index (Phi) is 6.11. The highest BCUT2D eigenvalue weighted by Gasteiger charge is 2.08. The zero-order valence-electron chi connectivity index (χ0n) is 11.0. The first-order valence-corrected chi connectivity index (χ1v) is 7.25. The third-order valence-corrected chi connectivity index (χ3v) is 3.29. The Balaban J connectivity index is 2.61. The van der Waals surface area contributed by atoms with Crippen LogP contribution in [0.1, 0.15) is 19.4 Å². The van der Waals surface area contributed by atoms with Crippen LogP contribution >= 0.6 is 11.8 Å². The monoisotopic (exact) mass is 255 g/mol. The highest BCUT2D eigenvalue weighted by molar-refractivity contribution is 7.98. The van der Waals surface area contributed by atoms with Crippen molar-refractivity contribution in [3.05, 3.63) is 11.9 Å². The van der Waals surface area contributed by atoms with Gasteiger partial charge < -0.3 is 10.1 Å².